The summed E-state index contributed by atoms with van der Waals surface area (Å²) in [6.07, 6.45) is 2.89. The van der Waals surface area contributed by atoms with Crippen LogP contribution in [0.5, 0.6) is 0 Å². The van der Waals surface area contributed by atoms with Crippen LogP contribution in [0.2, 0.25) is 0 Å². The summed E-state index contributed by atoms with van der Waals surface area (Å²) in [5.74, 6) is 0.791. The van der Waals surface area contributed by atoms with E-state index in [4.69, 9.17) is 4.74 Å². The Morgan fingerprint density at radius 3 is 2.80 bits per heavy atom. The van der Waals surface area contributed by atoms with E-state index in [1.807, 2.05) is 0 Å². The second kappa shape index (κ2) is 6.57. The molecule has 2 saturated heterocycles. The van der Waals surface area contributed by atoms with Gasteiger partial charge in [0.1, 0.15) is 6.04 Å². The van der Waals surface area contributed by atoms with Crippen LogP contribution in [0.3, 0.4) is 0 Å². The molecule has 5 nitrogen and oxygen atoms in total. The molecular weight excluding hydrogens is 256 g/mol. The Bertz CT molecular complexity index is 370. The van der Waals surface area contributed by atoms with Gasteiger partial charge in [-0.2, -0.15) is 0 Å². The van der Waals surface area contributed by atoms with Crippen molar-refractivity contribution in [2.75, 3.05) is 19.7 Å². The van der Waals surface area contributed by atoms with Gasteiger partial charge in [0.15, 0.2) is 0 Å². The summed E-state index contributed by atoms with van der Waals surface area (Å²) in [5.41, 5.74) is 0. The minimum Gasteiger partial charge on any atom is -0.378 e. The van der Waals surface area contributed by atoms with E-state index >= 15 is 0 Å². The number of ether oxygens (including phenoxy) is 1. The number of nitrogens with one attached hydrogen (secondary N) is 1. The van der Waals surface area contributed by atoms with E-state index in [1.54, 1.807) is 4.90 Å². The predicted molar refractivity (Wildman–Crippen MR) is 76.1 cm³/mol. The van der Waals surface area contributed by atoms with Crippen molar-refractivity contribution in [2.24, 2.45) is 11.8 Å². The summed E-state index contributed by atoms with van der Waals surface area (Å²) in [6.45, 7) is 7.86. The fraction of sp³-hybridized carbons (Fsp3) is 0.867. The van der Waals surface area contributed by atoms with Crippen LogP contribution in [0.4, 0.5) is 0 Å². The molecule has 0 bridgehead atoms. The number of rotatable bonds is 5. The molecule has 2 heterocycles. The Labute approximate surface area is 121 Å². The standard InChI is InChI=1S/C15H26N2O3/c1-4-13-11(5-6-20-13)8-17-9-14(18)16-12(15(17)19)7-10(2)3/h10-13H,4-9H2,1-3H3,(H,16,18). The van der Waals surface area contributed by atoms with E-state index < -0.39 is 0 Å². The van der Waals surface area contributed by atoms with Gasteiger partial charge in [-0.05, 0) is 25.2 Å². The largest absolute Gasteiger partial charge is 0.378 e. The molecule has 3 atom stereocenters. The smallest absolute Gasteiger partial charge is 0.245 e. The first-order chi connectivity index (χ1) is 9.51. The zero-order chi connectivity index (χ0) is 14.7. The Morgan fingerprint density at radius 1 is 1.40 bits per heavy atom. The number of carbonyl (C=O) groups is 2. The highest BCUT2D eigenvalue weighted by molar-refractivity contribution is 5.94. The summed E-state index contributed by atoms with van der Waals surface area (Å²) in [7, 11) is 0. The van der Waals surface area contributed by atoms with E-state index in [2.05, 4.69) is 26.1 Å². The minimum absolute atomic E-state index is 0.0396. The molecule has 2 aliphatic heterocycles. The van der Waals surface area contributed by atoms with E-state index in [0.29, 0.717) is 24.8 Å². The van der Waals surface area contributed by atoms with Gasteiger partial charge in [0.2, 0.25) is 11.8 Å². The lowest BCUT2D eigenvalue weighted by Gasteiger charge is -2.35. The molecule has 0 spiro atoms. The summed E-state index contributed by atoms with van der Waals surface area (Å²) in [6, 6.07) is -0.348. The third kappa shape index (κ3) is 3.51. The van der Waals surface area contributed by atoms with Crippen LogP contribution in [0.1, 0.15) is 40.0 Å². The summed E-state index contributed by atoms with van der Waals surface area (Å²) < 4.78 is 5.67. The molecule has 0 aromatic carbocycles. The third-order valence-electron chi connectivity index (χ3n) is 4.19. The Hall–Kier alpha value is -1.10. The molecule has 114 valence electrons. The van der Waals surface area contributed by atoms with Gasteiger partial charge < -0.3 is 15.0 Å². The molecule has 0 aliphatic carbocycles. The second-order valence-electron chi connectivity index (χ2n) is 6.33. The summed E-state index contributed by atoms with van der Waals surface area (Å²) in [4.78, 5) is 26.0. The van der Waals surface area contributed by atoms with Gasteiger partial charge in [-0.15, -0.1) is 0 Å². The van der Waals surface area contributed by atoms with E-state index in [0.717, 1.165) is 19.4 Å². The van der Waals surface area contributed by atoms with Crippen molar-refractivity contribution >= 4 is 11.8 Å². The molecule has 0 radical (unpaired) electrons. The third-order valence-corrected chi connectivity index (χ3v) is 4.19. The lowest BCUT2D eigenvalue weighted by atomic mass is 9.96. The lowest BCUT2D eigenvalue weighted by Crippen LogP contribution is -2.59. The first-order valence-electron chi connectivity index (χ1n) is 7.71. The van der Waals surface area contributed by atoms with Crippen molar-refractivity contribution in [2.45, 2.75) is 52.2 Å². The maximum Gasteiger partial charge on any atom is 0.245 e. The van der Waals surface area contributed by atoms with Crippen molar-refractivity contribution in [1.29, 1.82) is 0 Å². The highest BCUT2D eigenvalue weighted by Gasteiger charge is 2.36. The maximum absolute atomic E-state index is 12.5. The van der Waals surface area contributed by atoms with E-state index in [1.165, 1.54) is 0 Å². The monoisotopic (exact) mass is 282 g/mol. The number of hydrogen-bond donors (Lipinski definition) is 1. The Balaban J connectivity index is 1.99. The summed E-state index contributed by atoms with van der Waals surface area (Å²) >= 11 is 0. The quantitative estimate of drug-likeness (QED) is 0.823. The fourth-order valence-corrected chi connectivity index (χ4v) is 3.19. The Morgan fingerprint density at radius 2 is 2.15 bits per heavy atom. The van der Waals surface area contributed by atoms with Crippen molar-refractivity contribution < 1.29 is 14.3 Å². The summed E-state index contributed by atoms with van der Waals surface area (Å²) in [5, 5.41) is 2.82. The Kier molecular flexibility index (Phi) is 5.02. The molecule has 0 aromatic rings. The fourth-order valence-electron chi connectivity index (χ4n) is 3.19. The molecule has 1 N–H and O–H groups in total. The number of amides is 2. The lowest BCUT2D eigenvalue weighted by molar-refractivity contribution is -0.145. The molecule has 3 unspecified atom stereocenters. The van der Waals surface area contributed by atoms with Crippen molar-refractivity contribution in [3.63, 3.8) is 0 Å². The molecular formula is C15H26N2O3. The van der Waals surface area contributed by atoms with Crippen molar-refractivity contribution in [1.82, 2.24) is 10.2 Å². The normalized spacial score (nSPS) is 31.0. The van der Waals surface area contributed by atoms with Crippen LogP contribution in [0.25, 0.3) is 0 Å². The van der Waals surface area contributed by atoms with Gasteiger partial charge in [-0.25, -0.2) is 0 Å². The average Bonchev–Trinajstić information content (AvgIpc) is 2.81. The predicted octanol–water partition coefficient (Wildman–Crippen LogP) is 1.17. The zero-order valence-corrected chi connectivity index (χ0v) is 12.7. The molecule has 2 fully saturated rings. The molecule has 2 aliphatic rings. The maximum atomic E-state index is 12.5. The topological polar surface area (TPSA) is 58.6 Å². The number of hydrogen-bond acceptors (Lipinski definition) is 3. The number of carbonyl (C=O) groups excluding carboxylic acids is 2. The van der Waals surface area contributed by atoms with Crippen LogP contribution in [-0.4, -0.2) is 48.6 Å². The first kappa shape index (κ1) is 15.3. The highest BCUT2D eigenvalue weighted by atomic mass is 16.5. The van der Waals surface area contributed by atoms with Crippen LogP contribution in [-0.2, 0) is 14.3 Å². The number of piperazine rings is 1. The molecule has 2 amide bonds. The van der Waals surface area contributed by atoms with E-state index in [-0.39, 0.29) is 30.5 Å². The molecule has 0 aromatic heterocycles. The average molecular weight is 282 g/mol. The second-order valence-corrected chi connectivity index (χ2v) is 6.33. The molecule has 5 heteroatoms. The molecule has 2 rings (SSSR count). The van der Waals surface area contributed by atoms with Gasteiger partial charge in [0.05, 0.1) is 12.6 Å². The minimum atomic E-state index is -0.348. The van der Waals surface area contributed by atoms with Gasteiger partial charge in [0.25, 0.3) is 0 Å². The SMILES string of the molecule is CCC1OCCC1CN1CC(=O)NC(CC(C)C)C1=O. The van der Waals surface area contributed by atoms with Crippen LogP contribution < -0.4 is 5.32 Å². The van der Waals surface area contributed by atoms with Gasteiger partial charge >= 0.3 is 0 Å². The van der Waals surface area contributed by atoms with Gasteiger partial charge in [-0.3, -0.25) is 9.59 Å². The van der Waals surface area contributed by atoms with Crippen LogP contribution >= 0.6 is 0 Å². The van der Waals surface area contributed by atoms with Gasteiger partial charge in [0, 0.05) is 19.1 Å². The van der Waals surface area contributed by atoms with Crippen LogP contribution in [0.15, 0.2) is 0 Å². The number of nitrogens with zero attached hydrogens (tertiary/aromatic N) is 1. The molecule has 20 heavy (non-hydrogen) atoms. The van der Waals surface area contributed by atoms with Crippen molar-refractivity contribution in [3.05, 3.63) is 0 Å². The first-order valence-corrected chi connectivity index (χ1v) is 7.71. The van der Waals surface area contributed by atoms with Crippen molar-refractivity contribution in [3.8, 4) is 0 Å². The zero-order valence-electron chi connectivity index (χ0n) is 12.7. The highest BCUT2D eigenvalue weighted by Crippen LogP contribution is 2.25. The van der Waals surface area contributed by atoms with E-state index in [9.17, 15) is 9.59 Å². The van der Waals surface area contributed by atoms with Gasteiger partial charge in [-0.1, -0.05) is 20.8 Å². The molecule has 0 saturated carbocycles. The van der Waals surface area contributed by atoms with Crippen LogP contribution in [0, 0.1) is 11.8 Å².